The summed E-state index contributed by atoms with van der Waals surface area (Å²) in [6.07, 6.45) is 3.19. The summed E-state index contributed by atoms with van der Waals surface area (Å²) in [5.74, 6) is 3.12. The second-order valence-electron chi connectivity index (χ2n) is 3.24. The van der Waals surface area contributed by atoms with Gasteiger partial charge in [-0.1, -0.05) is 0 Å². The van der Waals surface area contributed by atoms with Gasteiger partial charge in [0.15, 0.2) is 0 Å². The molecule has 0 heterocycles. The van der Waals surface area contributed by atoms with E-state index in [0.29, 0.717) is 0 Å². The summed E-state index contributed by atoms with van der Waals surface area (Å²) in [5, 5.41) is 0. The van der Waals surface area contributed by atoms with Crippen LogP contribution in [0.2, 0.25) is 5.82 Å². The van der Waals surface area contributed by atoms with Crippen LogP contribution < -0.4 is 4.90 Å². The van der Waals surface area contributed by atoms with Crippen LogP contribution in [-0.4, -0.2) is 34.0 Å². The van der Waals surface area contributed by atoms with Crippen LogP contribution in [0.4, 0.5) is 0 Å². The average molecular weight is 221 g/mol. The Morgan fingerprint density at radius 1 is 1.55 bits per heavy atom. The molecule has 0 fully saturated rings. The summed E-state index contributed by atoms with van der Waals surface area (Å²) in [7, 11) is 4.49. The van der Waals surface area contributed by atoms with Crippen LogP contribution in [0.1, 0.15) is 13.3 Å². The van der Waals surface area contributed by atoms with Crippen molar-refractivity contribution in [3.8, 4) is 0 Å². The summed E-state index contributed by atoms with van der Waals surface area (Å²) in [5.41, 5.74) is 0. The Morgan fingerprint density at radius 3 is 2.36 bits per heavy atom. The molecule has 1 nitrogen and oxygen atoms in total. The molecular formula is C9H20NSe+. The van der Waals surface area contributed by atoms with E-state index in [1.807, 2.05) is 6.08 Å². The van der Waals surface area contributed by atoms with E-state index in [4.69, 9.17) is 0 Å². The Labute approximate surface area is 77.0 Å². The molecule has 0 spiro atoms. The van der Waals surface area contributed by atoms with Crippen molar-refractivity contribution >= 4 is 15.0 Å². The fraction of sp³-hybridized carbons (Fsp3) is 0.778. The van der Waals surface area contributed by atoms with E-state index >= 15 is 0 Å². The zero-order chi connectivity index (χ0) is 8.85. The molecule has 66 valence electrons. The van der Waals surface area contributed by atoms with Crippen molar-refractivity contribution in [3.63, 3.8) is 0 Å². The van der Waals surface area contributed by atoms with Crippen molar-refractivity contribution in [3.05, 3.63) is 12.7 Å². The first-order chi connectivity index (χ1) is 5.13. The Bertz CT molecular complexity index is 112. The van der Waals surface area contributed by atoms with E-state index in [2.05, 4.69) is 33.4 Å². The summed E-state index contributed by atoms with van der Waals surface area (Å²) in [6.45, 7) is 6.10. The van der Waals surface area contributed by atoms with Gasteiger partial charge in [-0.2, -0.15) is 0 Å². The Hall–Kier alpha value is 0.219. The predicted octanol–water partition coefficient (Wildman–Crippen LogP) is 0.422. The van der Waals surface area contributed by atoms with Crippen LogP contribution in [0.25, 0.3) is 0 Å². The number of nitrogens with one attached hydrogen (secondary N) is 1. The van der Waals surface area contributed by atoms with Gasteiger partial charge in [-0.15, -0.1) is 0 Å². The van der Waals surface area contributed by atoms with Crippen molar-refractivity contribution < 1.29 is 4.90 Å². The Morgan fingerprint density at radius 2 is 2.09 bits per heavy atom. The van der Waals surface area contributed by atoms with Gasteiger partial charge >= 0.3 is 76.6 Å². The zero-order valence-electron chi connectivity index (χ0n) is 8.05. The molecule has 0 radical (unpaired) electrons. The average Bonchev–Trinajstić information content (AvgIpc) is 1.88. The van der Waals surface area contributed by atoms with Gasteiger partial charge in [0.25, 0.3) is 0 Å². The monoisotopic (exact) mass is 222 g/mol. The first-order valence-electron chi connectivity index (χ1n) is 4.07. The maximum atomic E-state index is 3.77. The van der Waals surface area contributed by atoms with E-state index in [-0.39, 0.29) is 0 Å². The quantitative estimate of drug-likeness (QED) is 0.507. The standard InChI is InChI=1S/C9H19NSe/c1-6-7-8(2)9(11-5)10(3)4/h6,8-9H,1,7H2,2-5H3/p+1. The van der Waals surface area contributed by atoms with Crippen molar-refractivity contribution in [2.24, 2.45) is 5.92 Å². The second kappa shape index (κ2) is 5.82. The minimum absolute atomic E-state index is 0.751. The molecule has 2 unspecified atom stereocenters. The number of hydrogen-bond acceptors (Lipinski definition) is 0. The number of allylic oxidation sites excluding steroid dienone is 1. The molecule has 0 aliphatic rings. The SMILES string of the molecule is C=CCC(C)C([Se]C)[NH+](C)C. The molecular weight excluding hydrogens is 201 g/mol. The molecule has 0 aromatic heterocycles. The third-order valence-corrected chi connectivity index (χ3v) is 4.91. The molecule has 0 rings (SSSR count). The third kappa shape index (κ3) is 3.95. The van der Waals surface area contributed by atoms with Crippen molar-refractivity contribution in [1.29, 1.82) is 0 Å². The molecule has 0 amide bonds. The van der Waals surface area contributed by atoms with Crippen molar-refractivity contribution in [1.82, 2.24) is 0 Å². The van der Waals surface area contributed by atoms with Crippen LogP contribution in [0.3, 0.4) is 0 Å². The van der Waals surface area contributed by atoms with Gasteiger partial charge in [0.05, 0.1) is 0 Å². The second-order valence-corrected chi connectivity index (χ2v) is 5.29. The molecule has 0 aromatic rings. The van der Waals surface area contributed by atoms with Gasteiger partial charge in [-0.3, -0.25) is 0 Å². The molecule has 0 saturated heterocycles. The molecule has 2 atom stereocenters. The van der Waals surface area contributed by atoms with E-state index in [1.54, 1.807) is 4.90 Å². The Kier molecular flexibility index (Phi) is 5.93. The fourth-order valence-corrected chi connectivity index (χ4v) is 3.62. The molecule has 0 aromatic carbocycles. The number of quaternary nitrogens is 1. The summed E-state index contributed by atoms with van der Waals surface area (Å²) >= 11 is 0.751. The van der Waals surface area contributed by atoms with Crippen LogP contribution >= 0.6 is 0 Å². The van der Waals surface area contributed by atoms with Gasteiger partial charge in [0.2, 0.25) is 0 Å². The summed E-state index contributed by atoms with van der Waals surface area (Å²) in [4.78, 5) is 2.43. The molecule has 0 bridgehead atoms. The summed E-state index contributed by atoms with van der Waals surface area (Å²) < 4.78 is 0. The molecule has 1 N–H and O–H groups in total. The number of hydrogen-bond donors (Lipinski definition) is 1. The molecule has 11 heavy (non-hydrogen) atoms. The van der Waals surface area contributed by atoms with Gasteiger partial charge in [-0.25, -0.2) is 0 Å². The molecule has 2 heteroatoms. The maximum absolute atomic E-state index is 3.77. The molecule has 0 aliphatic carbocycles. The normalized spacial score (nSPS) is 16.5. The van der Waals surface area contributed by atoms with Gasteiger partial charge in [-0.05, 0) is 0 Å². The van der Waals surface area contributed by atoms with E-state index in [9.17, 15) is 0 Å². The first-order valence-corrected chi connectivity index (χ1v) is 6.77. The number of rotatable bonds is 5. The zero-order valence-corrected chi connectivity index (χ0v) is 9.77. The van der Waals surface area contributed by atoms with Crippen LogP contribution in [0, 0.1) is 5.92 Å². The van der Waals surface area contributed by atoms with Gasteiger partial charge < -0.3 is 0 Å². The van der Waals surface area contributed by atoms with E-state index < -0.39 is 0 Å². The fourth-order valence-electron chi connectivity index (χ4n) is 1.42. The van der Waals surface area contributed by atoms with Crippen molar-refractivity contribution in [2.75, 3.05) is 14.1 Å². The van der Waals surface area contributed by atoms with Gasteiger partial charge in [0.1, 0.15) is 0 Å². The molecule has 0 saturated carbocycles. The van der Waals surface area contributed by atoms with E-state index in [0.717, 1.165) is 32.2 Å². The molecule has 0 aliphatic heterocycles. The predicted molar refractivity (Wildman–Crippen MR) is 52.2 cm³/mol. The minimum atomic E-state index is 0.751. The summed E-state index contributed by atoms with van der Waals surface area (Å²) in [6, 6.07) is 0. The van der Waals surface area contributed by atoms with Crippen LogP contribution in [0.5, 0.6) is 0 Å². The van der Waals surface area contributed by atoms with Crippen LogP contribution in [0.15, 0.2) is 12.7 Å². The first kappa shape index (κ1) is 11.2. The third-order valence-electron chi connectivity index (χ3n) is 1.88. The van der Waals surface area contributed by atoms with E-state index in [1.165, 1.54) is 0 Å². The Balaban J connectivity index is 3.90. The van der Waals surface area contributed by atoms with Crippen LogP contribution in [-0.2, 0) is 0 Å². The topological polar surface area (TPSA) is 4.44 Å². The van der Waals surface area contributed by atoms with Crippen molar-refractivity contribution in [2.45, 2.75) is 24.1 Å². The van der Waals surface area contributed by atoms with Gasteiger partial charge in [0, 0.05) is 0 Å².